The monoisotopic (exact) mass is 287 g/mol. The molecule has 21 heavy (non-hydrogen) atoms. The van der Waals surface area contributed by atoms with Crippen molar-refractivity contribution in [1.82, 2.24) is 4.90 Å². The molecule has 2 atom stereocenters. The highest BCUT2D eigenvalue weighted by atomic mass is 16.5. The number of para-hydroxylation sites is 1. The van der Waals surface area contributed by atoms with Crippen LogP contribution in [0, 0.1) is 6.92 Å². The van der Waals surface area contributed by atoms with Crippen LogP contribution in [0.5, 0.6) is 5.75 Å². The SMILES string of the molecule is C=CCN(CC=C)C1C(O)c2cccc(C)c2OC1(C)C. The van der Waals surface area contributed by atoms with Crippen LogP contribution in [-0.2, 0) is 0 Å². The predicted octanol–water partition coefficient (Wildman–Crippen LogP) is 3.24. The zero-order chi connectivity index (χ0) is 15.6. The number of rotatable bonds is 5. The van der Waals surface area contributed by atoms with Gasteiger partial charge in [-0.3, -0.25) is 4.90 Å². The lowest BCUT2D eigenvalue weighted by Gasteiger charge is -2.48. The van der Waals surface area contributed by atoms with E-state index in [1.165, 1.54) is 0 Å². The van der Waals surface area contributed by atoms with Crippen LogP contribution < -0.4 is 4.74 Å². The molecule has 1 aromatic rings. The Morgan fingerprint density at radius 3 is 2.48 bits per heavy atom. The average molecular weight is 287 g/mol. The maximum absolute atomic E-state index is 10.9. The standard InChI is InChI=1S/C18H25NO2/c1-6-11-19(12-7-2)17-15(20)14-10-8-9-13(3)16(14)21-18(17,4)5/h6-10,15,17,20H,1-2,11-12H2,3-5H3. The highest BCUT2D eigenvalue weighted by Gasteiger charge is 2.46. The summed E-state index contributed by atoms with van der Waals surface area (Å²) in [5, 5.41) is 10.9. The first-order chi connectivity index (χ1) is 9.92. The molecule has 0 saturated carbocycles. The first-order valence-electron chi connectivity index (χ1n) is 7.34. The summed E-state index contributed by atoms with van der Waals surface area (Å²) in [7, 11) is 0. The Labute approximate surface area is 127 Å². The van der Waals surface area contributed by atoms with Gasteiger partial charge in [0.1, 0.15) is 17.5 Å². The van der Waals surface area contributed by atoms with Gasteiger partial charge in [-0.25, -0.2) is 0 Å². The summed E-state index contributed by atoms with van der Waals surface area (Å²) in [6, 6.07) is 5.76. The number of aliphatic hydroxyl groups is 1. The lowest BCUT2D eigenvalue weighted by molar-refractivity contribution is -0.0765. The minimum Gasteiger partial charge on any atom is -0.485 e. The lowest BCUT2D eigenvalue weighted by atomic mass is 9.84. The zero-order valence-corrected chi connectivity index (χ0v) is 13.2. The molecule has 1 aliphatic heterocycles. The number of benzene rings is 1. The molecule has 1 aliphatic rings. The smallest absolute Gasteiger partial charge is 0.128 e. The molecule has 3 nitrogen and oxygen atoms in total. The van der Waals surface area contributed by atoms with E-state index in [1.54, 1.807) is 0 Å². The normalized spacial score (nSPS) is 23.3. The number of ether oxygens (including phenoxy) is 1. The number of aryl methyl sites for hydroxylation is 1. The van der Waals surface area contributed by atoms with E-state index >= 15 is 0 Å². The molecule has 0 amide bonds. The summed E-state index contributed by atoms with van der Waals surface area (Å²) >= 11 is 0. The van der Waals surface area contributed by atoms with Gasteiger partial charge < -0.3 is 9.84 Å². The van der Waals surface area contributed by atoms with E-state index in [2.05, 4.69) is 18.1 Å². The van der Waals surface area contributed by atoms with Gasteiger partial charge in [-0.1, -0.05) is 30.4 Å². The minimum atomic E-state index is -0.594. The fourth-order valence-corrected chi connectivity index (χ4v) is 3.19. The minimum absolute atomic E-state index is 0.150. The van der Waals surface area contributed by atoms with Gasteiger partial charge in [-0.15, -0.1) is 13.2 Å². The van der Waals surface area contributed by atoms with Crippen molar-refractivity contribution in [2.24, 2.45) is 0 Å². The molecule has 2 unspecified atom stereocenters. The van der Waals surface area contributed by atoms with Crippen LogP contribution in [0.1, 0.15) is 31.1 Å². The molecule has 0 radical (unpaired) electrons. The number of fused-ring (bicyclic) bond motifs is 1. The van der Waals surface area contributed by atoms with Gasteiger partial charge in [-0.2, -0.15) is 0 Å². The Hall–Kier alpha value is -1.58. The van der Waals surface area contributed by atoms with Crippen molar-refractivity contribution in [2.45, 2.75) is 38.5 Å². The first kappa shape index (κ1) is 15.8. The molecule has 0 aromatic heterocycles. The van der Waals surface area contributed by atoms with Crippen molar-refractivity contribution in [1.29, 1.82) is 0 Å². The van der Waals surface area contributed by atoms with E-state index in [0.717, 1.165) is 16.9 Å². The molecular formula is C18H25NO2. The maximum Gasteiger partial charge on any atom is 0.128 e. The summed E-state index contributed by atoms with van der Waals surface area (Å²) in [6.07, 6.45) is 3.10. The van der Waals surface area contributed by atoms with E-state index in [1.807, 2.05) is 51.1 Å². The third-order valence-corrected chi connectivity index (χ3v) is 4.06. The summed E-state index contributed by atoms with van der Waals surface area (Å²) in [5.41, 5.74) is 1.42. The second-order valence-corrected chi connectivity index (χ2v) is 6.12. The molecule has 3 heteroatoms. The number of aliphatic hydroxyl groups excluding tert-OH is 1. The van der Waals surface area contributed by atoms with Crippen LogP contribution in [0.3, 0.4) is 0 Å². The summed E-state index contributed by atoms with van der Waals surface area (Å²) in [6.45, 7) is 15.0. The van der Waals surface area contributed by atoms with Crippen molar-refractivity contribution in [2.75, 3.05) is 13.1 Å². The third-order valence-electron chi connectivity index (χ3n) is 4.06. The lowest BCUT2D eigenvalue weighted by Crippen LogP contribution is -2.58. The van der Waals surface area contributed by atoms with Crippen molar-refractivity contribution in [3.63, 3.8) is 0 Å². The van der Waals surface area contributed by atoms with Crippen molar-refractivity contribution in [3.8, 4) is 5.75 Å². The van der Waals surface area contributed by atoms with Crippen molar-refractivity contribution in [3.05, 3.63) is 54.6 Å². The van der Waals surface area contributed by atoms with Gasteiger partial charge in [0.25, 0.3) is 0 Å². The van der Waals surface area contributed by atoms with Gasteiger partial charge in [0.2, 0.25) is 0 Å². The molecule has 1 N–H and O–H groups in total. The first-order valence-corrected chi connectivity index (χ1v) is 7.34. The second-order valence-electron chi connectivity index (χ2n) is 6.12. The van der Waals surface area contributed by atoms with Crippen molar-refractivity contribution < 1.29 is 9.84 Å². The molecule has 0 bridgehead atoms. The molecule has 1 heterocycles. The Kier molecular flexibility index (Phi) is 4.55. The summed E-state index contributed by atoms with van der Waals surface area (Å²) < 4.78 is 6.24. The van der Waals surface area contributed by atoms with Crippen LogP contribution in [0.25, 0.3) is 0 Å². The molecule has 0 fully saturated rings. The highest BCUT2D eigenvalue weighted by molar-refractivity contribution is 5.45. The second kappa shape index (κ2) is 6.04. The van der Waals surface area contributed by atoms with Crippen LogP contribution in [0.2, 0.25) is 0 Å². The van der Waals surface area contributed by atoms with Gasteiger partial charge in [-0.05, 0) is 26.3 Å². The van der Waals surface area contributed by atoms with Crippen LogP contribution in [0.15, 0.2) is 43.5 Å². The fraction of sp³-hybridized carbons (Fsp3) is 0.444. The Morgan fingerprint density at radius 2 is 1.90 bits per heavy atom. The Morgan fingerprint density at radius 1 is 1.29 bits per heavy atom. The topological polar surface area (TPSA) is 32.7 Å². The van der Waals surface area contributed by atoms with Gasteiger partial charge >= 0.3 is 0 Å². The molecular weight excluding hydrogens is 262 g/mol. The largest absolute Gasteiger partial charge is 0.485 e. The summed E-state index contributed by atoms with van der Waals surface area (Å²) in [4.78, 5) is 2.15. The molecule has 0 aliphatic carbocycles. The van der Waals surface area contributed by atoms with Crippen LogP contribution in [-0.4, -0.2) is 34.7 Å². The zero-order valence-electron chi connectivity index (χ0n) is 13.2. The fourth-order valence-electron chi connectivity index (χ4n) is 3.19. The highest BCUT2D eigenvalue weighted by Crippen LogP contribution is 2.43. The molecule has 0 spiro atoms. The molecule has 114 valence electrons. The van der Waals surface area contributed by atoms with E-state index < -0.39 is 11.7 Å². The number of nitrogens with zero attached hydrogens (tertiary/aromatic N) is 1. The number of hydrogen-bond acceptors (Lipinski definition) is 3. The Bertz CT molecular complexity index is 526. The van der Waals surface area contributed by atoms with Gasteiger partial charge in [0.15, 0.2) is 0 Å². The Balaban J connectivity index is 2.46. The van der Waals surface area contributed by atoms with Gasteiger partial charge in [0.05, 0.1) is 6.04 Å². The van der Waals surface area contributed by atoms with E-state index in [-0.39, 0.29) is 6.04 Å². The predicted molar refractivity (Wildman–Crippen MR) is 86.6 cm³/mol. The summed E-state index contributed by atoms with van der Waals surface area (Å²) in [5.74, 6) is 0.809. The van der Waals surface area contributed by atoms with Crippen LogP contribution in [0.4, 0.5) is 0 Å². The average Bonchev–Trinajstić information content (AvgIpc) is 2.40. The van der Waals surface area contributed by atoms with E-state index in [0.29, 0.717) is 13.1 Å². The van der Waals surface area contributed by atoms with E-state index in [4.69, 9.17) is 4.74 Å². The molecule has 0 saturated heterocycles. The van der Waals surface area contributed by atoms with Gasteiger partial charge in [0, 0.05) is 18.7 Å². The molecule has 1 aromatic carbocycles. The molecule has 2 rings (SSSR count). The maximum atomic E-state index is 10.9. The third kappa shape index (κ3) is 2.89. The number of hydrogen-bond donors (Lipinski definition) is 1. The van der Waals surface area contributed by atoms with Crippen molar-refractivity contribution >= 4 is 0 Å². The van der Waals surface area contributed by atoms with E-state index in [9.17, 15) is 5.11 Å². The quantitative estimate of drug-likeness (QED) is 0.844. The van der Waals surface area contributed by atoms with Crippen LogP contribution >= 0.6 is 0 Å².